The van der Waals surface area contributed by atoms with Crippen LogP contribution in [0.15, 0.2) is 46.2 Å². The van der Waals surface area contributed by atoms with Crippen molar-refractivity contribution in [2.24, 2.45) is 0 Å². The molecule has 6 nitrogen and oxygen atoms in total. The van der Waals surface area contributed by atoms with Gasteiger partial charge in [0.25, 0.3) is 0 Å². The Morgan fingerprint density at radius 1 is 1.30 bits per heavy atom. The number of aryl methyl sites for hydroxylation is 2. The van der Waals surface area contributed by atoms with Crippen molar-refractivity contribution in [3.05, 3.63) is 53.3 Å². The number of hydrogen-bond donors (Lipinski definition) is 1. The molecule has 1 aromatic carbocycles. The molecule has 2 heterocycles. The summed E-state index contributed by atoms with van der Waals surface area (Å²) in [7, 11) is 0. The first-order valence-electron chi connectivity index (χ1n) is 8.96. The lowest BCUT2D eigenvalue weighted by Crippen LogP contribution is -2.28. The number of nitrogens with zero attached hydrogens (tertiary/aromatic N) is 3. The largest absolute Gasteiger partial charge is 0.461 e. The Labute approximate surface area is 163 Å². The summed E-state index contributed by atoms with van der Waals surface area (Å²) in [5.74, 6) is 1.60. The van der Waals surface area contributed by atoms with Crippen LogP contribution in [0, 0.1) is 13.8 Å². The third-order valence-corrected chi connectivity index (χ3v) is 5.35. The van der Waals surface area contributed by atoms with Gasteiger partial charge in [0.2, 0.25) is 5.91 Å². The molecule has 0 fully saturated rings. The zero-order chi connectivity index (χ0) is 19.4. The molecule has 1 N–H and O–H groups in total. The van der Waals surface area contributed by atoms with Gasteiger partial charge in [-0.05, 0) is 51.0 Å². The molecule has 3 aromatic rings. The van der Waals surface area contributed by atoms with Gasteiger partial charge in [-0.25, -0.2) is 0 Å². The molecule has 0 spiro atoms. The third kappa shape index (κ3) is 4.42. The summed E-state index contributed by atoms with van der Waals surface area (Å²) >= 11 is 1.38. The molecular formula is C20H24N4O2S. The number of hydrogen-bond acceptors (Lipinski definition) is 5. The van der Waals surface area contributed by atoms with Crippen molar-refractivity contribution >= 4 is 17.7 Å². The molecule has 0 saturated carbocycles. The fourth-order valence-corrected chi connectivity index (χ4v) is 3.80. The summed E-state index contributed by atoms with van der Waals surface area (Å²) in [4.78, 5) is 12.4. The van der Waals surface area contributed by atoms with E-state index >= 15 is 0 Å². The summed E-state index contributed by atoms with van der Waals surface area (Å²) in [5, 5.41) is 12.2. The van der Waals surface area contributed by atoms with Crippen molar-refractivity contribution in [2.45, 2.75) is 45.4 Å². The Hall–Kier alpha value is -2.54. The molecule has 0 bridgehead atoms. The molecule has 1 atom stereocenters. The number of thioether (sulfide) groups is 1. The molecule has 7 heteroatoms. The van der Waals surface area contributed by atoms with Crippen LogP contribution in [0.25, 0.3) is 11.6 Å². The molecule has 27 heavy (non-hydrogen) atoms. The zero-order valence-corrected chi connectivity index (χ0v) is 16.8. The maximum Gasteiger partial charge on any atom is 0.230 e. The second-order valence-electron chi connectivity index (χ2n) is 6.47. The van der Waals surface area contributed by atoms with Gasteiger partial charge in [-0.1, -0.05) is 35.5 Å². The highest BCUT2D eigenvalue weighted by Gasteiger charge is 2.17. The molecule has 1 amide bonds. The highest BCUT2D eigenvalue weighted by atomic mass is 32.2. The number of carbonyl (C=O) groups is 1. The monoisotopic (exact) mass is 384 g/mol. The highest BCUT2D eigenvalue weighted by molar-refractivity contribution is 7.99. The molecule has 2 aromatic heterocycles. The Kier molecular flexibility index (Phi) is 6.01. The van der Waals surface area contributed by atoms with Crippen LogP contribution in [-0.2, 0) is 11.3 Å². The Morgan fingerprint density at radius 2 is 2.11 bits per heavy atom. The van der Waals surface area contributed by atoms with Crippen LogP contribution in [0.4, 0.5) is 0 Å². The van der Waals surface area contributed by atoms with Gasteiger partial charge in [-0.15, -0.1) is 10.2 Å². The standard InChI is InChI=1S/C20H24N4O2S/c1-5-24-19(17-7-6-10-26-17)22-23-20(24)27-12-18(25)21-15(4)16-11-13(2)8-9-14(16)3/h6-11,15H,5,12H2,1-4H3,(H,21,25). The number of amides is 1. The van der Waals surface area contributed by atoms with E-state index in [1.165, 1.54) is 22.9 Å². The summed E-state index contributed by atoms with van der Waals surface area (Å²) < 4.78 is 7.36. The van der Waals surface area contributed by atoms with Crippen LogP contribution >= 0.6 is 11.8 Å². The fourth-order valence-electron chi connectivity index (χ4n) is 2.99. The molecule has 3 rings (SSSR count). The van der Waals surface area contributed by atoms with Crippen molar-refractivity contribution in [1.29, 1.82) is 0 Å². The molecule has 0 saturated heterocycles. The van der Waals surface area contributed by atoms with Gasteiger partial charge >= 0.3 is 0 Å². The predicted molar refractivity (Wildman–Crippen MR) is 107 cm³/mol. The molecule has 1 unspecified atom stereocenters. The van der Waals surface area contributed by atoms with Crippen molar-refractivity contribution in [3.8, 4) is 11.6 Å². The first-order valence-corrected chi connectivity index (χ1v) is 9.94. The fraction of sp³-hybridized carbons (Fsp3) is 0.350. The van der Waals surface area contributed by atoms with E-state index in [2.05, 4.69) is 47.6 Å². The number of aromatic nitrogens is 3. The topological polar surface area (TPSA) is 73.0 Å². The lowest BCUT2D eigenvalue weighted by Gasteiger charge is -2.17. The quantitative estimate of drug-likeness (QED) is 0.620. The van der Waals surface area contributed by atoms with Crippen molar-refractivity contribution in [3.63, 3.8) is 0 Å². The van der Waals surface area contributed by atoms with Crippen LogP contribution in [-0.4, -0.2) is 26.4 Å². The van der Waals surface area contributed by atoms with Crippen molar-refractivity contribution in [1.82, 2.24) is 20.1 Å². The average molecular weight is 385 g/mol. The van der Waals surface area contributed by atoms with Gasteiger partial charge in [0.15, 0.2) is 16.7 Å². The second kappa shape index (κ2) is 8.43. The van der Waals surface area contributed by atoms with Crippen LogP contribution in [0.3, 0.4) is 0 Å². The minimum absolute atomic E-state index is 0.0291. The molecule has 142 valence electrons. The summed E-state index contributed by atoms with van der Waals surface area (Å²) in [6.07, 6.45) is 1.61. The van der Waals surface area contributed by atoms with Crippen molar-refractivity contribution < 1.29 is 9.21 Å². The van der Waals surface area contributed by atoms with E-state index in [1.54, 1.807) is 6.26 Å². The maximum absolute atomic E-state index is 12.4. The van der Waals surface area contributed by atoms with E-state index in [-0.39, 0.29) is 17.7 Å². The summed E-state index contributed by atoms with van der Waals surface area (Å²) in [6, 6.07) is 9.92. The van der Waals surface area contributed by atoms with Crippen LogP contribution in [0.2, 0.25) is 0 Å². The first kappa shape index (κ1) is 19.2. The first-order chi connectivity index (χ1) is 13.0. The third-order valence-electron chi connectivity index (χ3n) is 4.39. The predicted octanol–water partition coefficient (Wildman–Crippen LogP) is 4.14. The van der Waals surface area contributed by atoms with Gasteiger partial charge in [0.05, 0.1) is 18.1 Å². The number of benzene rings is 1. The van der Waals surface area contributed by atoms with Gasteiger partial charge in [0, 0.05) is 6.54 Å². The smallest absolute Gasteiger partial charge is 0.230 e. The zero-order valence-electron chi connectivity index (χ0n) is 16.0. The molecule has 0 aliphatic heterocycles. The van der Waals surface area contributed by atoms with Crippen LogP contribution in [0.1, 0.15) is 36.6 Å². The van der Waals surface area contributed by atoms with Crippen LogP contribution in [0.5, 0.6) is 0 Å². The normalized spacial score (nSPS) is 12.1. The number of furan rings is 1. The Balaban J connectivity index is 1.63. The number of carbonyl (C=O) groups excluding carboxylic acids is 1. The van der Waals surface area contributed by atoms with E-state index in [4.69, 9.17) is 4.42 Å². The molecule has 0 aliphatic carbocycles. The average Bonchev–Trinajstić information content (AvgIpc) is 3.30. The SMILES string of the molecule is CCn1c(SCC(=O)NC(C)c2cc(C)ccc2C)nnc1-c1ccco1. The Bertz CT molecular complexity index is 918. The second-order valence-corrected chi connectivity index (χ2v) is 7.41. The summed E-state index contributed by atoms with van der Waals surface area (Å²) in [5.41, 5.74) is 3.51. The molecule has 0 aliphatic rings. The maximum atomic E-state index is 12.4. The number of nitrogens with one attached hydrogen (secondary N) is 1. The van der Waals surface area contributed by atoms with Crippen molar-refractivity contribution in [2.75, 3.05) is 5.75 Å². The van der Waals surface area contributed by atoms with E-state index in [0.717, 1.165) is 5.56 Å². The van der Waals surface area contributed by atoms with Gasteiger partial charge in [-0.3, -0.25) is 9.36 Å². The highest BCUT2D eigenvalue weighted by Crippen LogP contribution is 2.24. The lowest BCUT2D eigenvalue weighted by molar-refractivity contribution is -0.119. The Morgan fingerprint density at radius 3 is 2.81 bits per heavy atom. The van der Waals surface area contributed by atoms with Gasteiger partial charge < -0.3 is 9.73 Å². The molecule has 0 radical (unpaired) electrons. The summed E-state index contributed by atoms with van der Waals surface area (Å²) in [6.45, 7) is 8.84. The minimum atomic E-state index is -0.0410. The lowest BCUT2D eigenvalue weighted by atomic mass is 10.00. The van der Waals surface area contributed by atoms with Gasteiger partial charge in [0.1, 0.15) is 0 Å². The van der Waals surface area contributed by atoms with E-state index in [1.807, 2.05) is 30.5 Å². The van der Waals surface area contributed by atoms with E-state index in [9.17, 15) is 4.79 Å². The van der Waals surface area contributed by atoms with E-state index < -0.39 is 0 Å². The van der Waals surface area contributed by atoms with E-state index in [0.29, 0.717) is 23.3 Å². The van der Waals surface area contributed by atoms with Gasteiger partial charge in [-0.2, -0.15) is 0 Å². The minimum Gasteiger partial charge on any atom is -0.461 e. The number of rotatable bonds is 7. The molecular weight excluding hydrogens is 360 g/mol. The van der Waals surface area contributed by atoms with Crippen LogP contribution < -0.4 is 5.32 Å².